The number of ketones is 1. The molecule has 4 rings (SSSR count). The first-order chi connectivity index (χ1) is 13.6. The summed E-state index contributed by atoms with van der Waals surface area (Å²) >= 11 is 17.5. The zero-order valence-corrected chi connectivity index (χ0v) is 18.2. The van der Waals surface area contributed by atoms with Gasteiger partial charge in [0, 0.05) is 18.7 Å². The molecule has 2 aromatic rings. The van der Waals surface area contributed by atoms with E-state index in [2.05, 4.69) is 5.32 Å². The molecule has 1 N–H and O–H groups in total. The van der Waals surface area contributed by atoms with Gasteiger partial charge in [-0.1, -0.05) is 46.9 Å². The van der Waals surface area contributed by atoms with Crippen molar-refractivity contribution < 1.29 is 22.7 Å². The Morgan fingerprint density at radius 1 is 1.07 bits per heavy atom. The number of rotatable bonds is 3. The fourth-order valence-corrected chi connectivity index (χ4v) is 4.10. The molecule has 0 saturated carbocycles. The molecule has 0 aromatic heterocycles. The van der Waals surface area contributed by atoms with E-state index < -0.39 is 17.5 Å². The van der Waals surface area contributed by atoms with Gasteiger partial charge in [0.15, 0.2) is 5.78 Å². The predicted molar refractivity (Wildman–Crippen MR) is 113 cm³/mol. The largest absolute Gasteiger partial charge is 0.417 e. The lowest BCUT2D eigenvalue weighted by atomic mass is 9.86. The Morgan fingerprint density at radius 2 is 1.70 bits per heavy atom. The lowest BCUT2D eigenvalue weighted by molar-refractivity contribution is -0.0746. The summed E-state index contributed by atoms with van der Waals surface area (Å²) in [4.78, 5) is 12.6. The minimum atomic E-state index is -4.79. The first kappa shape index (κ1) is 23.4. The summed E-state index contributed by atoms with van der Waals surface area (Å²) in [5.74, 6) is -0.782. The predicted octanol–water partition coefficient (Wildman–Crippen LogP) is 6.23. The quantitative estimate of drug-likeness (QED) is 0.310. The van der Waals surface area contributed by atoms with Crippen molar-refractivity contribution >= 4 is 58.6 Å². The normalized spacial score (nSPS) is 17.3. The van der Waals surface area contributed by atoms with Crippen molar-refractivity contribution in [3.63, 3.8) is 0 Å². The topological polar surface area (TPSA) is 38.3 Å². The molecular formula is C20H14Cl4F3NO2. The van der Waals surface area contributed by atoms with E-state index in [9.17, 15) is 18.0 Å². The Morgan fingerprint density at radius 3 is 2.23 bits per heavy atom. The molecule has 2 heterocycles. The summed E-state index contributed by atoms with van der Waals surface area (Å²) in [5, 5.41) is 2.82. The van der Waals surface area contributed by atoms with Crippen molar-refractivity contribution in [3.05, 3.63) is 73.7 Å². The number of hydrogen-bond acceptors (Lipinski definition) is 3. The van der Waals surface area contributed by atoms with Gasteiger partial charge in [0.1, 0.15) is 5.60 Å². The van der Waals surface area contributed by atoms with Crippen LogP contribution in [-0.4, -0.2) is 25.0 Å². The van der Waals surface area contributed by atoms with Crippen LogP contribution in [0.1, 0.15) is 27.0 Å². The second-order valence-corrected chi connectivity index (χ2v) is 8.12. The van der Waals surface area contributed by atoms with Gasteiger partial charge in [0.05, 0.1) is 27.2 Å². The molecule has 1 fully saturated rings. The molecule has 3 nitrogen and oxygen atoms in total. The van der Waals surface area contributed by atoms with Crippen LogP contribution in [-0.2, 0) is 16.9 Å². The molecule has 0 amide bonds. The molecule has 1 spiro atoms. The highest BCUT2D eigenvalue weighted by Crippen LogP contribution is 2.41. The molecule has 0 unspecified atom stereocenters. The van der Waals surface area contributed by atoms with Crippen molar-refractivity contribution in [2.45, 2.75) is 18.4 Å². The number of halogens is 7. The average molecular weight is 499 g/mol. The number of allylic oxidation sites excluding steroid dienone is 2. The van der Waals surface area contributed by atoms with Crippen LogP contribution in [0.2, 0.25) is 15.1 Å². The van der Waals surface area contributed by atoms with Crippen LogP contribution >= 0.6 is 47.2 Å². The zero-order valence-electron chi connectivity index (χ0n) is 15.1. The van der Waals surface area contributed by atoms with E-state index in [1.165, 1.54) is 6.07 Å². The monoisotopic (exact) mass is 497 g/mol. The SMILES string of the molecule is Cl.O=C(/C=C(/c1cc(Cl)c(Cl)c(Cl)c1)C(F)(F)F)c1ccc2c(c1)COC21CNC1. The Balaban J connectivity index is 0.00000256. The van der Waals surface area contributed by atoms with Crippen LogP contribution in [0.3, 0.4) is 0 Å². The number of fused-ring (bicyclic) bond motifs is 2. The summed E-state index contributed by atoms with van der Waals surface area (Å²) in [5.41, 5.74) is 0.0277. The van der Waals surface area contributed by atoms with Gasteiger partial charge in [0.2, 0.25) is 0 Å². The Labute approximate surface area is 191 Å². The van der Waals surface area contributed by atoms with Crippen molar-refractivity contribution in [2.24, 2.45) is 0 Å². The Bertz CT molecular complexity index is 1030. The number of benzene rings is 2. The zero-order chi connectivity index (χ0) is 21.0. The summed E-state index contributed by atoms with van der Waals surface area (Å²) in [6.07, 6.45) is -4.24. The maximum absolute atomic E-state index is 13.7. The van der Waals surface area contributed by atoms with Crippen molar-refractivity contribution in [1.82, 2.24) is 5.32 Å². The summed E-state index contributed by atoms with van der Waals surface area (Å²) in [6.45, 7) is 1.66. The molecule has 30 heavy (non-hydrogen) atoms. The van der Waals surface area contributed by atoms with Crippen LogP contribution in [0.25, 0.3) is 5.57 Å². The summed E-state index contributed by atoms with van der Waals surface area (Å²) in [7, 11) is 0. The molecule has 0 atom stereocenters. The second kappa shape index (κ2) is 8.34. The average Bonchev–Trinajstić information content (AvgIpc) is 3.01. The number of nitrogens with one attached hydrogen (secondary N) is 1. The summed E-state index contributed by atoms with van der Waals surface area (Å²) < 4.78 is 46.8. The Kier molecular flexibility index (Phi) is 6.50. The van der Waals surface area contributed by atoms with Gasteiger partial charge in [0.25, 0.3) is 0 Å². The first-order valence-corrected chi connectivity index (χ1v) is 9.70. The van der Waals surface area contributed by atoms with Gasteiger partial charge >= 0.3 is 6.18 Å². The fraction of sp³-hybridized carbons (Fsp3) is 0.250. The molecule has 1 saturated heterocycles. The number of carbonyl (C=O) groups excluding carboxylic acids is 1. The van der Waals surface area contributed by atoms with Crippen LogP contribution in [0.4, 0.5) is 13.2 Å². The lowest BCUT2D eigenvalue weighted by Gasteiger charge is -2.39. The van der Waals surface area contributed by atoms with Crippen LogP contribution in [0, 0.1) is 0 Å². The number of alkyl halides is 3. The van der Waals surface area contributed by atoms with Gasteiger partial charge in [-0.25, -0.2) is 0 Å². The minimum absolute atomic E-state index is 0. The molecule has 0 bridgehead atoms. The molecule has 2 aliphatic rings. The van der Waals surface area contributed by atoms with E-state index in [0.29, 0.717) is 25.8 Å². The molecule has 0 radical (unpaired) electrons. The molecule has 160 valence electrons. The van der Waals surface area contributed by atoms with E-state index in [4.69, 9.17) is 39.5 Å². The second-order valence-electron chi connectivity index (χ2n) is 6.93. The maximum atomic E-state index is 13.7. The maximum Gasteiger partial charge on any atom is 0.417 e. The number of ether oxygens (including phenoxy) is 1. The van der Waals surface area contributed by atoms with Gasteiger partial charge in [-0.2, -0.15) is 13.2 Å². The molecule has 0 aliphatic carbocycles. The molecule has 2 aromatic carbocycles. The minimum Gasteiger partial charge on any atom is -0.363 e. The van der Waals surface area contributed by atoms with Crippen LogP contribution in [0.15, 0.2) is 36.4 Å². The fourth-order valence-electron chi connectivity index (χ4n) is 3.50. The van der Waals surface area contributed by atoms with Crippen molar-refractivity contribution in [2.75, 3.05) is 13.1 Å². The third kappa shape index (κ3) is 4.09. The van der Waals surface area contributed by atoms with Crippen LogP contribution in [0.5, 0.6) is 0 Å². The third-order valence-corrected chi connectivity index (χ3v) is 6.28. The molecule has 10 heteroatoms. The highest BCUT2D eigenvalue weighted by atomic mass is 35.5. The number of hydrogen-bond donors (Lipinski definition) is 1. The Hall–Kier alpha value is -1.28. The van der Waals surface area contributed by atoms with Crippen molar-refractivity contribution in [3.8, 4) is 0 Å². The van der Waals surface area contributed by atoms with Gasteiger partial charge in [-0.05, 0) is 41.0 Å². The molecule has 2 aliphatic heterocycles. The summed E-state index contributed by atoms with van der Waals surface area (Å²) in [6, 6.07) is 6.91. The van der Waals surface area contributed by atoms with Gasteiger partial charge in [-0.3, -0.25) is 4.79 Å². The van der Waals surface area contributed by atoms with E-state index in [0.717, 1.165) is 23.3 Å². The molecular weight excluding hydrogens is 485 g/mol. The van der Waals surface area contributed by atoms with E-state index in [1.807, 2.05) is 0 Å². The first-order valence-electron chi connectivity index (χ1n) is 8.57. The highest BCUT2D eigenvalue weighted by Gasteiger charge is 2.45. The van der Waals surface area contributed by atoms with E-state index in [-0.39, 0.29) is 44.2 Å². The van der Waals surface area contributed by atoms with Crippen LogP contribution < -0.4 is 5.32 Å². The highest BCUT2D eigenvalue weighted by molar-refractivity contribution is 6.48. The third-order valence-electron chi connectivity index (χ3n) is 5.08. The lowest BCUT2D eigenvalue weighted by Crippen LogP contribution is -2.56. The van der Waals surface area contributed by atoms with Gasteiger partial charge < -0.3 is 10.1 Å². The van der Waals surface area contributed by atoms with E-state index in [1.54, 1.807) is 12.1 Å². The van der Waals surface area contributed by atoms with E-state index >= 15 is 0 Å². The smallest absolute Gasteiger partial charge is 0.363 e. The standard InChI is InChI=1S/C20H13Cl3F3NO2.ClH/c21-15-4-11(5-16(22)18(15)23)14(20(24,25)26)6-17(28)10-1-2-13-12(3-10)7-29-19(13)8-27-9-19;/h1-6,27H,7-9H2;1H/b14-6-;. The number of carbonyl (C=O) groups is 1. The van der Waals surface area contributed by atoms with Crippen molar-refractivity contribution in [1.29, 1.82) is 0 Å². The van der Waals surface area contributed by atoms with Gasteiger partial charge in [-0.15, -0.1) is 12.4 Å².